The quantitative estimate of drug-likeness (QED) is 0.885. The molecule has 92 valence electrons. The highest BCUT2D eigenvalue weighted by molar-refractivity contribution is 5.83. The minimum atomic E-state index is -1.13. The number of halogens is 2. The highest BCUT2D eigenvalue weighted by Gasteiger charge is 2.48. The summed E-state index contributed by atoms with van der Waals surface area (Å²) in [7, 11) is 1.31. The number of carboxylic acid groups (broad SMARTS) is 1. The molecule has 1 aliphatic rings. The van der Waals surface area contributed by atoms with Crippen LogP contribution in [-0.4, -0.2) is 18.2 Å². The molecule has 5 heteroatoms. The number of hydrogen-bond acceptors (Lipinski definition) is 2. The molecular formula is C12H12F2O3. The molecule has 1 N–H and O–H groups in total. The Bertz CT molecular complexity index is 467. The average Bonchev–Trinajstić information content (AvgIpc) is 2.20. The smallest absolute Gasteiger partial charge is 0.314 e. The fraction of sp³-hybridized carbons (Fsp3) is 0.417. The molecule has 0 saturated heterocycles. The molecule has 2 rings (SSSR count). The molecule has 0 heterocycles. The summed E-state index contributed by atoms with van der Waals surface area (Å²) in [6.45, 7) is 0. The molecule has 0 aliphatic heterocycles. The Labute approximate surface area is 97.0 Å². The van der Waals surface area contributed by atoms with Gasteiger partial charge >= 0.3 is 5.97 Å². The van der Waals surface area contributed by atoms with Gasteiger partial charge in [-0.15, -0.1) is 0 Å². The van der Waals surface area contributed by atoms with Gasteiger partial charge in [-0.1, -0.05) is 6.42 Å². The van der Waals surface area contributed by atoms with Crippen LogP contribution in [-0.2, 0) is 10.2 Å². The number of hydrogen-bond donors (Lipinski definition) is 1. The average molecular weight is 242 g/mol. The van der Waals surface area contributed by atoms with Crippen molar-refractivity contribution in [3.8, 4) is 5.75 Å². The first-order valence-corrected chi connectivity index (χ1v) is 5.28. The van der Waals surface area contributed by atoms with Crippen LogP contribution in [0.4, 0.5) is 8.78 Å². The van der Waals surface area contributed by atoms with Crippen molar-refractivity contribution in [2.75, 3.05) is 7.11 Å². The second-order valence-electron chi connectivity index (χ2n) is 4.21. The summed E-state index contributed by atoms with van der Waals surface area (Å²) >= 11 is 0. The fourth-order valence-electron chi connectivity index (χ4n) is 2.20. The van der Waals surface area contributed by atoms with Crippen molar-refractivity contribution in [1.29, 1.82) is 0 Å². The van der Waals surface area contributed by atoms with Gasteiger partial charge in [-0.2, -0.15) is 0 Å². The summed E-state index contributed by atoms with van der Waals surface area (Å²) in [4.78, 5) is 11.3. The number of benzene rings is 1. The van der Waals surface area contributed by atoms with Crippen LogP contribution in [0.5, 0.6) is 5.75 Å². The van der Waals surface area contributed by atoms with Crippen LogP contribution in [0.25, 0.3) is 0 Å². The molecular weight excluding hydrogens is 230 g/mol. The number of rotatable bonds is 3. The Balaban J connectivity index is 2.57. The first-order valence-electron chi connectivity index (χ1n) is 5.28. The van der Waals surface area contributed by atoms with E-state index in [1.807, 2.05) is 0 Å². The standard InChI is InChI=1S/C12H12F2O3/c1-17-10-6-9(14)8(13)5-7(10)12(11(15)16)3-2-4-12/h5-6H,2-4H2,1H3,(H,15,16). The molecule has 1 fully saturated rings. The first kappa shape index (κ1) is 11.8. The van der Waals surface area contributed by atoms with E-state index in [-0.39, 0.29) is 11.3 Å². The van der Waals surface area contributed by atoms with Crippen LogP contribution in [0.2, 0.25) is 0 Å². The van der Waals surface area contributed by atoms with Gasteiger partial charge in [0.15, 0.2) is 11.6 Å². The fourth-order valence-corrected chi connectivity index (χ4v) is 2.20. The Kier molecular flexibility index (Phi) is 2.77. The van der Waals surface area contributed by atoms with Crippen molar-refractivity contribution < 1.29 is 23.4 Å². The van der Waals surface area contributed by atoms with Crippen LogP contribution >= 0.6 is 0 Å². The lowest BCUT2D eigenvalue weighted by Gasteiger charge is -2.38. The van der Waals surface area contributed by atoms with Gasteiger partial charge in [-0.3, -0.25) is 4.79 Å². The number of carbonyl (C=O) groups is 1. The van der Waals surface area contributed by atoms with Gasteiger partial charge < -0.3 is 9.84 Å². The molecule has 0 atom stereocenters. The van der Waals surface area contributed by atoms with Gasteiger partial charge in [0, 0.05) is 11.6 Å². The van der Waals surface area contributed by atoms with Crippen LogP contribution in [0, 0.1) is 11.6 Å². The molecule has 1 aromatic carbocycles. The van der Waals surface area contributed by atoms with Crippen LogP contribution in [0.15, 0.2) is 12.1 Å². The summed E-state index contributed by atoms with van der Waals surface area (Å²) in [6.07, 6.45) is 1.60. The topological polar surface area (TPSA) is 46.5 Å². The predicted octanol–water partition coefficient (Wildman–Crippen LogP) is 2.48. The third kappa shape index (κ3) is 1.66. The number of methoxy groups -OCH3 is 1. The Hall–Kier alpha value is -1.65. The summed E-state index contributed by atoms with van der Waals surface area (Å²) in [6, 6.07) is 1.83. The third-order valence-corrected chi connectivity index (χ3v) is 3.37. The normalized spacial score (nSPS) is 17.4. The lowest BCUT2D eigenvalue weighted by Crippen LogP contribution is -2.42. The lowest BCUT2D eigenvalue weighted by molar-refractivity contribution is -0.147. The van der Waals surface area contributed by atoms with Crippen LogP contribution in [0.3, 0.4) is 0 Å². The van der Waals surface area contributed by atoms with Gasteiger partial charge in [0.05, 0.1) is 12.5 Å². The number of ether oxygens (including phenoxy) is 1. The lowest BCUT2D eigenvalue weighted by atomic mass is 9.64. The van der Waals surface area contributed by atoms with E-state index in [2.05, 4.69) is 0 Å². The second kappa shape index (κ2) is 3.98. The maximum Gasteiger partial charge on any atom is 0.314 e. The van der Waals surface area contributed by atoms with Crippen LogP contribution in [0.1, 0.15) is 24.8 Å². The van der Waals surface area contributed by atoms with Crippen molar-refractivity contribution in [2.45, 2.75) is 24.7 Å². The number of aliphatic carboxylic acids is 1. The van der Waals surface area contributed by atoms with Crippen molar-refractivity contribution in [1.82, 2.24) is 0 Å². The second-order valence-corrected chi connectivity index (χ2v) is 4.21. The predicted molar refractivity (Wildman–Crippen MR) is 56.1 cm³/mol. The minimum absolute atomic E-state index is 0.0889. The van der Waals surface area contributed by atoms with E-state index < -0.39 is 23.0 Å². The third-order valence-electron chi connectivity index (χ3n) is 3.37. The van der Waals surface area contributed by atoms with Crippen LogP contribution < -0.4 is 4.74 Å². The SMILES string of the molecule is COc1cc(F)c(F)cc1C1(C(=O)O)CCC1. The summed E-state index contributed by atoms with van der Waals surface area (Å²) in [5.41, 5.74) is -0.905. The highest BCUT2D eigenvalue weighted by Crippen LogP contribution is 2.47. The Morgan fingerprint density at radius 2 is 1.94 bits per heavy atom. The van der Waals surface area contributed by atoms with E-state index in [0.717, 1.165) is 18.6 Å². The largest absolute Gasteiger partial charge is 0.496 e. The van der Waals surface area contributed by atoms with Gasteiger partial charge in [-0.05, 0) is 18.9 Å². The van der Waals surface area contributed by atoms with E-state index in [0.29, 0.717) is 12.8 Å². The molecule has 0 aromatic heterocycles. The zero-order chi connectivity index (χ0) is 12.6. The maximum absolute atomic E-state index is 13.2. The van der Waals surface area contributed by atoms with Crippen molar-refractivity contribution in [3.63, 3.8) is 0 Å². The molecule has 0 radical (unpaired) electrons. The van der Waals surface area contributed by atoms with E-state index >= 15 is 0 Å². The van der Waals surface area contributed by atoms with Gasteiger partial charge in [0.25, 0.3) is 0 Å². The van der Waals surface area contributed by atoms with E-state index in [1.54, 1.807) is 0 Å². The monoisotopic (exact) mass is 242 g/mol. The number of carboxylic acids is 1. The molecule has 0 unspecified atom stereocenters. The van der Waals surface area contributed by atoms with Crippen molar-refractivity contribution in [3.05, 3.63) is 29.3 Å². The summed E-state index contributed by atoms with van der Waals surface area (Å²) < 4.78 is 31.2. The Morgan fingerprint density at radius 3 is 2.35 bits per heavy atom. The summed E-state index contributed by atoms with van der Waals surface area (Å²) in [5, 5.41) is 9.25. The van der Waals surface area contributed by atoms with Gasteiger partial charge in [0.2, 0.25) is 0 Å². The van der Waals surface area contributed by atoms with Crippen molar-refractivity contribution in [2.24, 2.45) is 0 Å². The van der Waals surface area contributed by atoms with E-state index in [1.165, 1.54) is 7.11 Å². The van der Waals surface area contributed by atoms with Crippen molar-refractivity contribution >= 4 is 5.97 Å². The highest BCUT2D eigenvalue weighted by atomic mass is 19.2. The molecule has 1 aromatic rings. The molecule has 0 amide bonds. The zero-order valence-corrected chi connectivity index (χ0v) is 9.30. The van der Waals surface area contributed by atoms with Gasteiger partial charge in [0.1, 0.15) is 5.75 Å². The first-order chi connectivity index (χ1) is 8.01. The van der Waals surface area contributed by atoms with Gasteiger partial charge in [-0.25, -0.2) is 8.78 Å². The molecule has 1 saturated carbocycles. The van der Waals surface area contributed by atoms with E-state index in [9.17, 15) is 18.7 Å². The minimum Gasteiger partial charge on any atom is -0.496 e. The molecule has 17 heavy (non-hydrogen) atoms. The zero-order valence-electron chi connectivity index (χ0n) is 9.30. The summed E-state index contributed by atoms with van der Waals surface area (Å²) in [5.74, 6) is -3.02. The molecule has 1 aliphatic carbocycles. The van der Waals surface area contributed by atoms with E-state index in [4.69, 9.17) is 4.74 Å². The molecule has 3 nitrogen and oxygen atoms in total. The molecule has 0 bridgehead atoms. The Morgan fingerprint density at radius 1 is 1.35 bits per heavy atom. The maximum atomic E-state index is 13.2. The molecule has 0 spiro atoms.